The van der Waals surface area contributed by atoms with Crippen LogP contribution in [0, 0.1) is 0 Å². The highest BCUT2D eigenvalue weighted by molar-refractivity contribution is 5.92. The molecule has 2 aliphatic rings. The van der Waals surface area contributed by atoms with E-state index in [0.717, 1.165) is 25.1 Å². The minimum absolute atomic E-state index is 0.0865. The molecule has 2 saturated heterocycles. The number of aromatic nitrogens is 2. The van der Waals surface area contributed by atoms with Gasteiger partial charge in [-0.3, -0.25) is 9.59 Å². The Labute approximate surface area is 210 Å². The van der Waals surface area contributed by atoms with Crippen molar-refractivity contribution in [3.8, 4) is 0 Å². The third-order valence-electron chi connectivity index (χ3n) is 6.55. The fourth-order valence-corrected chi connectivity index (χ4v) is 4.55. The molecule has 196 valence electrons. The lowest BCUT2D eigenvalue weighted by Gasteiger charge is -2.33. The van der Waals surface area contributed by atoms with Crippen molar-refractivity contribution in [3.63, 3.8) is 0 Å². The number of amides is 3. The molecule has 0 spiro atoms. The van der Waals surface area contributed by atoms with Gasteiger partial charge < -0.3 is 33.2 Å². The number of rotatable bonds is 9. The lowest BCUT2D eigenvalue weighted by molar-refractivity contribution is -0.133. The van der Waals surface area contributed by atoms with Gasteiger partial charge in [0.15, 0.2) is 5.69 Å². The summed E-state index contributed by atoms with van der Waals surface area (Å²) < 4.78 is 18.4. The van der Waals surface area contributed by atoms with E-state index in [2.05, 4.69) is 4.98 Å². The van der Waals surface area contributed by atoms with E-state index < -0.39 is 0 Å². The first kappa shape index (κ1) is 25.7. The lowest BCUT2D eigenvalue weighted by Crippen LogP contribution is -2.50. The standard InChI is InChI=1S/C25H35N5O6/c1-3-23(31)30(16-20-8-6-14-35-20)15-19-7-5-9-29(19)17-22-26-21(18-36-22)24(32)27-10-12-28(13-11-27)25(33)34-4-2/h5,7,9,18,20H,3-4,6,8,10-17H2,1-2H3. The molecule has 36 heavy (non-hydrogen) atoms. The molecule has 1 unspecified atom stereocenters. The van der Waals surface area contributed by atoms with Crippen LogP contribution in [0.2, 0.25) is 0 Å². The number of ether oxygens (including phenoxy) is 2. The van der Waals surface area contributed by atoms with Gasteiger partial charge >= 0.3 is 6.09 Å². The molecule has 0 saturated carbocycles. The Hall–Kier alpha value is -3.34. The zero-order valence-electron chi connectivity index (χ0n) is 21.1. The summed E-state index contributed by atoms with van der Waals surface area (Å²) in [6.07, 6.45) is 5.46. The molecule has 0 bridgehead atoms. The van der Waals surface area contributed by atoms with Gasteiger partial charge in [-0.15, -0.1) is 0 Å². The second-order valence-electron chi connectivity index (χ2n) is 8.99. The maximum atomic E-state index is 12.9. The van der Waals surface area contributed by atoms with Gasteiger partial charge in [-0.05, 0) is 31.9 Å². The molecular weight excluding hydrogens is 466 g/mol. The minimum Gasteiger partial charge on any atom is -0.450 e. The quantitative estimate of drug-likeness (QED) is 0.519. The molecule has 2 aromatic rings. The Kier molecular flexibility index (Phi) is 8.63. The summed E-state index contributed by atoms with van der Waals surface area (Å²) in [5.41, 5.74) is 1.19. The highest BCUT2D eigenvalue weighted by atomic mass is 16.6. The molecule has 2 aromatic heterocycles. The average molecular weight is 502 g/mol. The van der Waals surface area contributed by atoms with Gasteiger partial charge in [-0.2, -0.15) is 0 Å². The van der Waals surface area contributed by atoms with Crippen LogP contribution in [0.1, 0.15) is 55.2 Å². The predicted molar refractivity (Wildman–Crippen MR) is 129 cm³/mol. The fourth-order valence-electron chi connectivity index (χ4n) is 4.55. The van der Waals surface area contributed by atoms with Crippen LogP contribution in [-0.2, 0) is 27.4 Å². The van der Waals surface area contributed by atoms with Crippen LogP contribution >= 0.6 is 0 Å². The van der Waals surface area contributed by atoms with Gasteiger partial charge in [0, 0.05) is 57.6 Å². The topological polar surface area (TPSA) is 110 Å². The maximum Gasteiger partial charge on any atom is 0.409 e. The zero-order chi connectivity index (χ0) is 25.5. The van der Waals surface area contributed by atoms with E-state index >= 15 is 0 Å². The fraction of sp³-hybridized carbons (Fsp3) is 0.600. The van der Waals surface area contributed by atoms with Gasteiger partial charge in [0.05, 0.1) is 25.8 Å². The van der Waals surface area contributed by atoms with E-state index in [9.17, 15) is 14.4 Å². The molecule has 0 aromatic carbocycles. The molecule has 4 heterocycles. The van der Waals surface area contributed by atoms with Crippen LogP contribution in [0.15, 0.2) is 29.0 Å². The van der Waals surface area contributed by atoms with Crippen molar-refractivity contribution in [2.75, 3.05) is 45.9 Å². The van der Waals surface area contributed by atoms with Crippen molar-refractivity contribution in [1.82, 2.24) is 24.3 Å². The Balaban J connectivity index is 1.35. The first-order valence-corrected chi connectivity index (χ1v) is 12.7. The van der Waals surface area contributed by atoms with Crippen LogP contribution in [-0.4, -0.2) is 94.2 Å². The zero-order valence-corrected chi connectivity index (χ0v) is 21.1. The Bertz CT molecular complexity index is 1040. The Morgan fingerprint density at radius 2 is 1.94 bits per heavy atom. The van der Waals surface area contributed by atoms with E-state index in [1.807, 2.05) is 34.7 Å². The van der Waals surface area contributed by atoms with Gasteiger partial charge in [0.25, 0.3) is 5.91 Å². The Morgan fingerprint density at radius 1 is 1.17 bits per heavy atom. The smallest absolute Gasteiger partial charge is 0.409 e. The van der Waals surface area contributed by atoms with E-state index in [-0.39, 0.29) is 29.7 Å². The highest BCUT2D eigenvalue weighted by Gasteiger charge is 2.27. The highest BCUT2D eigenvalue weighted by Crippen LogP contribution is 2.17. The number of carbonyl (C=O) groups is 3. The van der Waals surface area contributed by atoms with Crippen molar-refractivity contribution in [2.45, 2.75) is 52.3 Å². The summed E-state index contributed by atoms with van der Waals surface area (Å²) in [4.78, 5) is 46.9. The molecule has 0 radical (unpaired) electrons. The van der Waals surface area contributed by atoms with E-state index in [0.29, 0.717) is 64.7 Å². The van der Waals surface area contributed by atoms with E-state index in [1.54, 1.807) is 16.7 Å². The second-order valence-corrected chi connectivity index (χ2v) is 8.99. The SMILES string of the molecule is CCOC(=O)N1CCN(C(=O)c2coc(Cn3cccc3CN(CC3CCCO3)C(=O)CC)n2)CC1. The van der Waals surface area contributed by atoms with Crippen LogP contribution in [0.5, 0.6) is 0 Å². The molecule has 1 atom stereocenters. The lowest BCUT2D eigenvalue weighted by atomic mass is 10.2. The third-order valence-corrected chi connectivity index (χ3v) is 6.55. The molecular formula is C25H35N5O6. The number of hydrogen-bond acceptors (Lipinski definition) is 7. The third kappa shape index (κ3) is 6.26. The minimum atomic E-state index is -0.356. The van der Waals surface area contributed by atoms with E-state index in [4.69, 9.17) is 13.9 Å². The van der Waals surface area contributed by atoms with Crippen molar-refractivity contribution in [2.24, 2.45) is 0 Å². The predicted octanol–water partition coefficient (Wildman–Crippen LogP) is 2.36. The number of piperazine rings is 1. The van der Waals surface area contributed by atoms with Gasteiger partial charge in [-0.25, -0.2) is 9.78 Å². The van der Waals surface area contributed by atoms with Crippen LogP contribution in [0.25, 0.3) is 0 Å². The summed E-state index contributed by atoms with van der Waals surface area (Å²) >= 11 is 0. The number of hydrogen-bond donors (Lipinski definition) is 0. The van der Waals surface area contributed by atoms with Crippen molar-refractivity contribution >= 4 is 17.9 Å². The number of nitrogens with zero attached hydrogens (tertiary/aromatic N) is 5. The maximum absolute atomic E-state index is 12.9. The molecule has 3 amide bonds. The first-order valence-electron chi connectivity index (χ1n) is 12.7. The summed E-state index contributed by atoms with van der Waals surface area (Å²) in [6.45, 7) is 7.76. The molecule has 2 aliphatic heterocycles. The number of oxazole rings is 1. The molecule has 0 aliphatic carbocycles. The van der Waals surface area contributed by atoms with Crippen LogP contribution < -0.4 is 0 Å². The summed E-state index contributed by atoms with van der Waals surface area (Å²) in [5.74, 6) is 0.274. The molecule has 2 fully saturated rings. The van der Waals surface area contributed by atoms with Gasteiger partial charge in [0.1, 0.15) is 6.26 Å². The van der Waals surface area contributed by atoms with Crippen LogP contribution in [0.3, 0.4) is 0 Å². The second kappa shape index (κ2) is 12.1. The van der Waals surface area contributed by atoms with E-state index in [1.165, 1.54) is 6.26 Å². The summed E-state index contributed by atoms with van der Waals surface area (Å²) in [6, 6.07) is 3.90. The summed E-state index contributed by atoms with van der Waals surface area (Å²) in [5, 5.41) is 0. The molecule has 11 nitrogen and oxygen atoms in total. The molecule has 11 heteroatoms. The molecule has 4 rings (SSSR count). The first-order chi connectivity index (χ1) is 17.5. The average Bonchev–Trinajstić information content (AvgIpc) is 3.67. The number of carbonyl (C=O) groups excluding carboxylic acids is 3. The largest absolute Gasteiger partial charge is 0.450 e. The monoisotopic (exact) mass is 501 g/mol. The van der Waals surface area contributed by atoms with Gasteiger partial charge in [-0.1, -0.05) is 6.92 Å². The van der Waals surface area contributed by atoms with Crippen molar-refractivity contribution in [1.29, 1.82) is 0 Å². The van der Waals surface area contributed by atoms with Crippen molar-refractivity contribution in [3.05, 3.63) is 41.9 Å². The van der Waals surface area contributed by atoms with Crippen molar-refractivity contribution < 1.29 is 28.3 Å². The normalized spacial score (nSPS) is 17.9. The van der Waals surface area contributed by atoms with Crippen LogP contribution in [0.4, 0.5) is 4.79 Å². The molecule has 0 N–H and O–H groups in total. The Morgan fingerprint density at radius 3 is 2.64 bits per heavy atom. The van der Waals surface area contributed by atoms with Gasteiger partial charge in [0.2, 0.25) is 11.8 Å². The summed E-state index contributed by atoms with van der Waals surface area (Å²) in [7, 11) is 0.